The molecule has 1 aliphatic rings. The second-order valence-corrected chi connectivity index (χ2v) is 16.8. The van der Waals surface area contributed by atoms with Gasteiger partial charge in [0.2, 0.25) is 17.1 Å². The Morgan fingerprint density at radius 1 is 0.672 bits per heavy atom. The van der Waals surface area contributed by atoms with Gasteiger partial charge in [-0.15, -0.1) is 11.3 Å². The number of hydrogen-bond acceptors (Lipinski definition) is 5. The standard InChI is InChI=1S/C56H50N5O2S/c1-8-58(53-38(3)20-18-21-39(53)4)45-34-30-43(31-35-45)50(44-32-36-46(37-33-44)59(9-2)54-40(5)22-19-23-41(54)6)55-51(42-24-12-10-13-25-42)52(57-7)56(64-55)60(47-26-14-11-15-27-47)48-28-16-17-29-49(48)61(62)63/h10-37H,8-9H2,1-6H3/q+1. The molecule has 7 aromatic rings. The van der Waals surface area contributed by atoms with Gasteiger partial charge in [-0.2, -0.15) is 4.58 Å². The molecule has 0 N–H and O–H groups in total. The van der Waals surface area contributed by atoms with Crippen LogP contribution in [0.1, 0.15) is 46.5 Å². The Kier molecular flexibility index (Phi) is 12.6. The van der Waals surface area contributed by atoms with Crippen LogP contribution >= 0.6 is 11.3 Å². The minimum atomic E-state index is -0.355. The number of benzene rings is 6. The highest BCUT2D eigenvalue weighted by atomic mass is 32.1. The van der Waals surface area contributed by atoms with E-state index >= 15 is 0 Å². The Balaban J connectivity index is 1.42. The van der Waals surface area contributed by atoms with Crippen molar-refractivity contribution in [3.63, 3.8) is 0 Å². The molecule has 1 aliphatic carbocycles. The van der Waals surface area contributed by atoms with Gasteiger partial charge in [-0.05, 0) is 112 Å². The van der Waals surface area contributed by atoms with Crippen molar-refractivity contribution in [2.45, 2.75) is 41.5 Å². The summed E-state index contributed by atoms with van der Waals surface area (Å²) in [6.45, 7) is 23.4. The molecular weight excluding hydrogens is 807 g/mol. The van der Waals surface area contributed by atoms with E-state index in [0.29, 0.717) is 22.1 Å². The van der Waals surface area contributed by atoms with Gasteiger partial charge in [0.05, 0.1) is 11.5 Å². The fraction of sp³-hybridized carbons (Fsp3) is 0.143. The van der Waals surface area contributed by atoms with E-state index in [9.17, 15) is 10.1 Å². The number of anilines is 5. The van der Waals surface area contributed by atoms with Crippen LogP contribution in [0.4, 0.5) is 44.8 Å². The van der Waals surface area contributed by atoms with Crippen molar-refractivity contribution in [1.29, 1.82) is 0 Å². The van der Waals surface area contributed by atoms with Gasteiger partial charge in [0, 0.05) is 69.0 Å². The molecule has 1 heterocycles. The quantitative estimate of drug-likeness (QED) is 0.0532. The van der Waals surface area contributed by atoms with Gasteiger partial charge in [-0.1, -0.05) is 109 Å². The second kappa shape index (κ2) is 18.8. The van der Waals surface area contributed by atoms with Gasteiger partial charge < -0.3 is 9.80 Å². The number of para-hydroxylation sites is 5. The van der Waals surface area contributed by atoms with E-state index in [2.05, 4.69) is 141 Å². The lowest BCUT2D eigenvalue weighted by atomic mass is 9.91. The maximum Gasteiger partial charge on any atom is 0.293 e. The molecule has 7 nitrogen and oxygen atoms in total. The Morgan fingerprint density at radius 3 is 1.83 bits per heavy atom. The lowest BCUT2D eigenvalue weighted by molar-refractivity contribution is -0.435. The minimum absolute atomic E-state index is 0.0531. The Morgan fingerprint density at radius 2 is 1.25 bits per heavy atom. The minimum Gasteiger partial charge on any atom is -0.341 e. The summed E-state index contributed by atoms with van der Waals surface area (Å²) >= 11 is 1.48. The molecule has 316 valence electrons. The summed E-state index contributed by atoms with van der Waals surface area (Å²) in [4.78, 5) is 21.7. The summed E-state index contributed by atoms with van der Waals surface area (Å²) in [6.07, 6.45) is 8.75. The molecule has 0 radical (unpaired) electrons. The molecule has 0 fully saturated rings. The smallest absolute Gasteiger partial charge is 0.293 e. The Labute approximate surface area is 380 Å². The largest absolute Gasteiger partial charge is 0.341 e. The van der Waals surface area contributed by atoms with Gasteiger partial charge in [-0.3, -0.25) is 10.1 Å². The molecule has 0 unspecified atom stereocenters. The van der Waals surface area contributed by atoms with Crippen LogP contribution in [-0.4, -0.2) is 28.3 Å². The first kappa shape index (κ1) is 43.1. The zero-order valence-electron chi connectivity index (χ0n) is 37.0. The summed E-state index contributed by atoms with van der Waals surface area (Å²) in [5.41, 5.74) is 15.4. The third-order valence-corrected chi connectivity index (χ3v) is 13.0. The lowest BCUT2D eigenvalue weighted by Crippen LogP contribution is -2.18. The Bertz CT molecular complexity index is 2990. The first-order valence-electron chi connectivity index (χ1n) is 21.6. The predicted molar refractivity (Wildman–Crippen MR) is 268 cm³/mol. The van der Waals surface area contributed by atoms with Crippen LogP contribution in [-0.2, 0) is 0 Å². The van der Waals surface area contributed by atoms with Crippen molar-refractivity contribution in [3.8, 4) is 11.1 Å². The van der Waals surface area contributed by atoms with Crippen LogP contribution in [0.5, 0.6) is 0 Å². The maximum absolute atomic E-state index is 12.7. The molecule has 8 rings (SSSR count). The van der Waals surface area contributed by atoms with E-state index < -0.39 is 0 Å². The molecular formula is C56H50N5O2S+. The van der Waals surface area contributed by atoms with E-state index in [1.165, 1.54) is 51.0 Å². The van der Waals surface area contributed by atoms with E-state index in [4.69, 9.17) is 6.57 Å². The number of allylic oxidation sites excluding steroid dienone is 5. The van der Waals surface area contributed by atoms with Crippen LogP contribution in [0.15, 0.2) is 175 Å². The van der Waals surface area contributed by atoms with E-state index in [1.54, 1.807) is 18.2 Å². The highest BCUT2D eigenvalue weighted by molar-refractivity contribution is 7.18. The zero-order chi connectivity index (χ0) is 44.9. The average Bonchev–Trinajstić information content (AvgIpc) is 3.68. The molecule has 0 aliphatic heterocycles. The van der Waals surface area contributed by atoms with E-state index in [1.807, 2.05) is 65.6 Å². The van der Waals surface area contributed by atoms with Crippen molar-refractivity contribution in [1.82, 2.24) is 0 Å². The van der Waals surface area contributed by atoms with Gasteiger partial charge in [0.1, 0.15) is 17.2 Å². The Hall–Kier alpha value is -7.60. The van der Waals surface area contributed by atoms with Crippen LogP contribution in [0.2, 0.25) is 0 Å². The molecule has 6 aromatic carbocycles. The maximum atomic E-state index is 12.7. The fourth-order valence-corrected chi connectivity index (χ4v) is 10.3. The van der Waals surface area contributed by atoms with Crippen LogP contribution in [0.3, 0.4) is 0 Å². The number of nitro benzene ring substituents is 1. The number of hydrogen-bond donors (Lipinski definition) is 0. The normalized spacial score (nSPS) is 12.0. The molecule has 0 bridgehead atoms. The summed E-state index contributed by atoms with van der Waals surface area (Å²) in [5.74, 6) is 0. The zero-order valence-corrected chi connectivity index (χ0v) is 37.9. The van der Waals surface area contributed by atoms with Crippen LogP contribution < -0.4 is 9.80 Å². The van der Waals surface area contributed by atoms with E-state index in [0.717, 1.165) is 57.2 Å². The molecule has 0 amide bonds. The van der Waals surface area contributed by atoms with Crippen LogP contribution in [0, 0.1) is 44.4 Å². The SMILES string of the molecule is [C-]#[N+]c1c(N(c2ccccc2)c2ccccc2[N+](=O)[O-])sc(C(=C2C=CC(=[N+](CC)c3c(C)cccc3C)C=C2)c2ccc(N(CC)c3c(C)cccc3C)cc2)c1-c1ccccc1. The summed E-state index contributed by atoms with van der Waals surface area (Å²) in [7, 11) is 0. The van der Waals surface area contributed by atoms with Gasteiger partial charge in [-0.25, -0.2) is 4.85 Å². The van der Waals surface area contributed by atoms with Crippen molar-refractivity contribution in [2.75, 3.05) is 22.9 Å². The van der Waals surface area contributed by atoms with Crippen molar-refractivity contribution in [3.05, 3.63) is 230 Å². The van der Waals surface area contributed by atoms with Crippen molar-refractivity contribution >= 4 is 67.4 Å². The lowest BCUT2D eigenvalue weighted by Gasteiger charge is -2.27. The topological polar surface area (TPSA) is 57.0 Å². The molecule has 0 saturated heterocycles. The fourth-order valence-electron chi connectivity index (χ4n) is 8.91. The average molecular weight is 857 g/mol. The number of aryl methyl sites for hydroxylation is 4. The van der Waals surface area contributed by atoms with Crippen molar-refractivity contribution in [2.24, 2.45) is 0 Å². The number of thiophene rings is 1. The molecule has 8 heteroatoms. The number of nitrogens with zero attached hydrogens (tertiary/aromatic N) is 5. The molecule has 0 saturated carbocycles. The molecule has 0 atom stereocenters. The van der Waals surface area contributed by atoms with Gasteiger partial charge in [0.15, 0.2) is 0 Å². The van der Waals surface area contributed by atoms with E-state index in [-0.39, 0.29) is 10.6 Å². The summed E-state index contributed by atoms with van der Waals surface area (Å²) in [5, 5.41) is 13.3. The van der Waals surface area contributed by atoms with Crippen molar-refractivity contribution < 1.29 is 9.50 Å². The third kappa shape index (κ3) is 8.22. The first-order chi connectivity index (χ1) is 31.1. The van der Waals surface area contributed by atoms with Gasteiger partial charge >= 0.3 is 0 Å². The van der Waals surface area contributed by atoms with Gasteiger partial charge in [0.25, 0.3) is 5.69 Å². The summed E-state index contributed by atoms with van der Waals surface area (Å²) in [6, 6.07) is 48.0. The summed E-state index contributed by atoms with van der Waals surface area (Å²) < 4.78 is 2.36. The molecule has 1 aromatic heterocycles. The van der Waals surface area contributed by atoms with Crippen LogP contribution in [0.25, 0.3) is 21.5 Å². The molecule has 64 heavy (non-hydrogen) atoms. The predicted octanol–water partition coefficient (Wildman–Crippen LogP) is 15.5. The third-order valence-electron chi connectivity index (χ3n) is 11.8. The number of rotatable bonds is 12. The monoisotopic (exact) mass is 856 g/mol. The first-order valence-corrected chi connectivity index (χ1v) is 22.4. The molecule has 0 spiro atoms. The number of nitro groups is 1. The highest BCUT2D eigenvalue weighted by Crippen LogP contribution is 2.56. The highest BCUT2D eigenvalue weighted by Gasteiger charge is 2.32. The second-order valence-electron chi connectivity index (χ2n) is 15.8.